The lowest BCUT2D eigenvalue weighted by atomic mass is 10.1. The van der Waals surface area contributed by atoms with Crippen LogP contribution in [-0.4, -0.2) is 33.3 Å². The van der Waals surface area contributed by atoms with Crippen molar-refractivity contribution in [2.24, 2.45) is 18.7 Å². The molecule has 0 aromatic carbocycles. The Morgan fingerprint density at radius 3 is 2.65 bits per heavy atom. The average molecular weight is 360 g/mol. The summed E-state index contributed by atoms with van der Waals surface area (Å²) in [4.78, 5) is 16.8. The highest BCUT2D eigenvalue weighted by Gasteiger charge is 2.28. The highest BCUT2D eigenvalue weighted by Crippen LogP contribution is 2.31. The van der Waals surface area contributed by atoms with Crippen LogP contribution in [0.5, 0.6) is 0 Å². The van der Waals surface area contributed by atoms with Crippen LogP contribution in [0.1, 0.15) is 34.6 Å². The van der Waals surface area contributed by atoms with E-state index in [4.69, 9.17) is 5.73 Å². The predicted molar refractivity (Wildman–Crippen MR) is 95.5 cm³/mol. The molecule has 3 rings (SSSR count). The van der Waals surface area contributed by atoms with Gasteiger partial charge in [0.25, 0.3) is 5.91 Å². The van der Waals surface area contributed by atoms with E-state index in [0.29, 0.717) is 23.7 Å². The van der Waals surface area contributed by atoms with Gasteiger partial charge in [0.15, 0.2) is 5.65 Å². The molecule has 0 aliphatic heterocycles. The lowest BCUT2D eigenvalue weighted by Gasteiger charge is -2.12. The first-order valence-electron chi connectivity index (χ1n) is 7.32. The smallest absolute Gasteiger partial charge is 0.253 e. The summed E-state index contributed by atoms with van der Waals surface area (Å²) in [6.07, 6.45) is 2.36. The average Bonchev–Trinajstić information content (AvgIpc) is 3.24. The first kappa shape index (κ1) is 19.7. The number of amides is 1. The fourth-order valence-corrected chi connectivity index (χ4v) is 2.66. The zero-order chi connectivity index (χ0) is 15.1. The summed E-state index contributed by atoms with van der Waals surface area (Å²) < 4.78 is 1.74. The molecule has 0 bridgehead atoms. The molecular weight excluding hydrogens is 337 g/mol. The van der Waals surface area contributed by atoms with Crippen LogP contribution < -0.4 is 11.1 Å². The third-order valence-electron chi connectivity index (χ3n) is 4.16. The van der Waals surface area contributed by atoms with Gasteiger partial charge in [0.05, 0.1) is 17.0 Å². The van der Waals surface area contributed by atoms with Gasteiger partial charge in [0, 0.05) is 25.0 Å². The standard InChI is InChI=1S/C15H21N5O.2ClH/c1-8-12(15(21)17-7-13(16)10-4-5-10)6-11-9(2)19-20(3)14(11)18-8;;/h6,10,13H,4-5,7,16H2,1-3H3,(H,17,21);2*1H. The van der Waals surface area contributed by atoms with E-state index in [0.717, 1.165) is 16.7 Å². The van der Waals surface area contributed by atoms with Crippen molar-refractivity contribution in [1.29, 1.82) is 0 Å². The van der Waals surface area contributed by atoms with Crippen LogP contribution in [0.4, 0.5) is 0 Å². The summed E-state index contributed by atoms with van der Waals surface area (Å²) in [5.41, 5.74) is 9.01. The summed E-state index contributed by atoms with van der Waals surface area (Å²) in [6.45, 7) is 4.29. The lowest BCUT2D eigenvalue weighted by Crippen LogP contribution is -2.38. The van der Waals surface area contributed by atoms with Gasteiger partial charge in [-0.1, -0.05) is 0 Å². The van der Waals surface area contributed by atoms with Crippen LogP contribution in [0, 0.1) is 19.8 Å². The summed E-state index contributed by atoms with van der Waals surface area (Å²) in [6, 6.07) is 1.93. The minimum atomic E-state index is -0.110. The third kappa shape index (κ3) is 3.94. The first-order chi connectivity index (χ1) is 9.97. The summed E-state index contributed by atoms with van der Waals surface area (Å²) in [5, 5.41) is 8.18. The van der Waals surface area contributed by atoms with Crippen molar-refractivity contribution in [2.75, 3.05) is 6.54 Å². The molecule has 1 saturated carbocycles. The Morgan fingerprint density at radius 2 is 2.04 bits per heavy atom. The molecule has 23 heavy (non-hydrogen) atoms. The van der Waals surface area contributed by atoms with E-state index in [1.807, 2.05) is 27.0 Å². The minimum Gasteiger partial charge on any atom is -0.350 e. The van der Waals surface area contributed by atoms with E-state index >= 15 is 0 Å². The lowest BCUT2D eigenvalue weighted by molar-refractivity contribution is 0.0949. The second-order valence-electron chi connectivity index (χ2n) is 5.91. The summed E-state index contributed by atoms with van der Waals surface area (Å²) in [5.74, 6) is 0.467. The van der Waals surface area contributed by atoms with Crippen molar-refractivity contribution >= 4 is 41.8 Å². The highest BCUT2D eigenvalue weighted by atomic mass is 35.5. The number of carbonyl (C=O) groups is 1. The SMILES string of the molecule is Cc1nc2c(cc1C(=O)NCC(N)C1CC1)c(C)nn2C.Cl.Cl. The van der Waals surface area contributed by atoms with Crippen LogP contribution >= 0.6 is 24.8 Å². The number of aromatic nitrogens is 3. The van der Waals surface area contributed by atoms with Crippen molar-refractivity contribution in [3.05, 3.63) is 23.0 Å². The first-order valence-corrected chi connectivity index (χ1v) is 7.32. The molecule has 6 nitrogen and oxygen atoms in total. The number of rotatable bonds is 4. The van der Waals surface area contributed by atoms with Crippen LogP contribution in [-0.2, 0) is 7.05 Å². The van der Waals surface area contributed by atoms with Crippen LogP contribution in [0.15, 0.2) is 6.07 Å². The fourth-order valence-electron chi connectivity index (χ4n) is 2.66. The van der Waals surface area contributed by atoms with Crippen molar-refractivity contribution in [1.82, 2.24) is 20.1 Å². The van der Waals surface area contributed by atoms with Crippen LogP contribution in [0.25, 0.3) is 11.0 Å². The van der Waals surface area contributed by atoms with Crippen molar-refractivity contribution in [2.45, 2.75) is 32.7 Å². The molecule has 2 aromatic heterocycles. The third-order valence-corrected chi connectivity index (χ3v) is 4.16. The molecule has 1 aliphatic carbocycles. The number of hydrogen-bond donors (Lipinski definition) is 2. The molecule has 0 spiro atoms. The summed E-state index contributed by atoms with van der Waals surface area (Å²) in [7, 11) is 1.86. The number of fused-ring (bicyclic) bond motifs is 1. The number of carbonyl (C=O) groups excluding carboxylic acids is 1. The molecule has 0 saturated heterocycles. The van der Waals surface area contributed by atoms with Gasteiger partial charge in [-0.15, -0.1) is 24.8 Å². The van der Waals surface area contributed by atoms with Crippen molar-refractivity contribution in [3.63, 3.8) is 0 Å². The van der Waals surface area contributed by atoms with Gasteiger partial charge in [-0.2, -0.15) is 5.10 Å². The Balaban J connectivity index is 0.00000132. The molecule has 0 radical (unpaired) electrons. The minimum absolute atomic E-state index is 0. The van der Waals surface area contributed by atoms with Gasteiger partial charge in [-0.3, -0.25) is 9.48 Å². The molecule has 1 fully saturated rings. The predicted octanol–water partition coefficient (Wildman–Crippen LogP) is 1.90. The monoisotopic (exact) mass is 359 g/mol. The largest absolute Gasteiger partial charge is 0.350 e. The molecular formula is C15H23Cl2N5O. The van der Waals surface area contributed by atoms with E-state index in [1.54, 1.807) is 4.68 Å². The van der Waals surface area contributed by atoms with Gasteiger partial charge in [0.2, 0.25) is 0 Å². The number of aryl methyl sites for hydroxylation is 3. The molecule has 1 atom stereocenters. The number of pyridine rings is 1. The molecule has 128 valence electrons. The number of nitrogens with zero attached hydrogens (tertiary/aromatic N) is 3. The van der Waals surface area contributed by atoms with Gasteiger partial charge < -0.3 is 11.1 Å². The maximum atomic E-state index is 12.3. The quantitative estimate of drug-likeness (QED) is 0.872. The topological polar surface area (TPSA) is 85.8 Å². The van der Waals surface area contributed by atoms with E-state index in [9.17, 15) is 4.79 Å². The number of nitrogens with two attached hydrogens (primary N) is 1. The van der Waals surface area contributed by atoms with E-state index in [-0.39, 0.29) is 36.8 Å². The van der Waals surface area contributed by atoms with E-state index in [2.05, 4.69) is 15.4 Å². The zero-order valence-electron chi connectivity index (χ0n) is 13.5. The molecule has 1 aliphatic rings. The molecule has 2 heterocycles. The zero-order valence-corrected chi connectivity index (χ0v) is 15.1. The maximum absolute atomic E-state index is 12.3. The molecule has 1 unspecified atom stereocenters. The van der Waals surface area contributed by atoms with Gasteiger partial charge >= 0.3 is 0 Å². The van der Waals surface area contributed by atoms with Gasteiger partial charge in [-0.05, 0) is 38.7 Å². The highest BCUT2D eigenvalue weighted by molar-refractivity contribution is 5.98. The molecule has 2 aromatic rings. The fraction of sp³-hybridized carbons (Fsp3) is 0.533. The van der Waals surface area contributed by atoms with Crippen molar-refractivity contribution < 1.29 is 4.79 Å². The number of halogens is 2. The maximum Gasteiger partial charge on any atom is 0.253 e. The second kappa shape index (κ2) is 7.47. The van der Waals surface area contributed by atoms with Crippen LogP contribution in [0.2, 0.25) is 0 Å². The Morgan fingerprint density at radius 1 is 1.39 bits per heavy atom. The Kier molecular flexibility index (Phi) is 6.39. The Labute approximate surface area is 148 Å². The van der Waals surface area contributed by atoms with Gasteiger partial charge in [-0.25, -0.2) is 4.98 Å². The normalized spacial score (nSPS) is 14.8. The molecule has 3 N–H and O–H groups in total. The molecule has 8 heteroatoms. The summed E-state index contributed by atoms with van der Waals surface area (Å²) >= 11 is 0. The number of nitrogens with one attached hydrogen (secondary N) is 1. The second-order valence-corrected chi connectivity index (χ2v) is 5.91. The van der Waals surface area contributed by atoms with Gasteiger partial charge in [0.1, 0.15) is 0 Å². The van der Waals surface area contributed by atoms with Crippen LogP contribution in [0.3, 0.4) is 0 Å². The Hall–Kier alpha value is -1.37. The van der Waals surface area contributed by atoms with Crippen molar-refractivity contribution in [3.8, 4) is 0 Å². The van der Waals surface area contributed by atoms with E-state index in [1.165, 1.54) is 12.8 Å². The number of hydrogen-bond acceptors (Lipinski definition) is 4. The molecule has 1 amide bonds. The van der Waals surface area contributed by atoms with E-state index < -0.39 is 0 Å². The Bertz CT molecular complexity index is 711.